The summed E-state index contributed by atoms with van der Waals surface area (Å²) in [4.78, 5) is 13.8. The Hall–Kier alpha value is -0.880. The molecule has 2 rings (SSSR count). The van der Waals surface area contributed by atoms with Crippen molar-refractivity contribution in [1.82, 2.24) is 9.62 Å². The molecule has 5 nitrogen and oxygen atoms in total. The van der Waals surface area contributed by atoms with E-state index in [1.165, 1.54) is 0 Å². The molecule has 1 heterocycles. The second kappa shape index (κ2) is 6.05. The van der Waals surface area contributed by atoms with E-state index in [0.29, 0.717) is 38.4 Å². The Bertz CT molecular complexity index is 459. The Labute approximate surface area is 115 Å². The van der Waals surface area contributed by atoms with Gasteiger partial charge in [-0.1, -0.05) is 19.1 Å². The predicted octanol–water partition coefficient (Wildman–Crippen LogP) is 0.883. The maximum Gasteiger partial charge on any atom is 0.223 e. The number of nitrogens with zero attached hydrogens (tertiary/aromatic N) is 1. The summed E-state index contributed by atoms with van der Waals surface area (Å²) in [6.07, 6.45) is 7.36. The molecule has 0 saturated carbocycles. The standard InChI is InChI=1S/C13H22N2O3S/c1-2-14-19(17,18)12-7-8-15(10-12)13(16)9-11-5-3-4-6-11/h3,5,11-12,14H,2,4,6-10H2,1H3. The Balaban J connectivity index is 1.87. The van der Waals surface area contributed by atoms with Crippen LogP contribution in [0.2, 0.25) is 0 Å². The van der Waals surface area contributed by atoms with E-state index < -0.39 is 15.3 Å². The molecule has 0 aromatic heterocycles. The van der Waals surface area contributed by atoms with E-state index in [1.807, 2.05) is 0 Å². The molecule has 0 spiro atoms. The molecule has 108 valence electrons. The second-order valence-corrected chi connectivity index (χ2v) is 7.31. The molecule has 0 aromatic rings. The van der Waals surface area contributed by atoms with Crippen LogP contribution in [-0.4, -0.2) is 44.1 Å². The number of hydrogen-bond donors (Lipinski definition) is 1. The summed E-state index contributed by atoms with van der Waals surface area (Å²) in [7, 11) is -3.26. The minimum absolute atomic E-state index is 0.0887. The fraction of sp³-hybridized carbons (Fsp3) is 0.769. The van der Waals surface area contributed by atoms with E-state index in [1.54, 1.807) is 11.8 Å². The summed E-state index contributed by atoms with van der Waals surface area (Å²) in [5, 5.41) is -0.449. The molecular weight excluding hydrogens is 264 g/mol. The van der Waals surface area contributed by atoms with E-state index in [2.05, 4.69) is 16.9 Å². The number of hydrogen-bond acceptors (Lipinski definition) is 3. The van der Waals surface area contributed by atoms with Crippen LogP contribution in [0.1, 0.15) is 32.6 Å². The highest BCUT2D eigenvalue weighted by atomic mass is 32.2. The van der Waals surface area contributed by atoms with E-state index in [9.17, 15) is 13.2 Å². The van der Waals surface area contributed by atoms with Crippen LogP contribution in [0.4, 0.5) is 0 Å². The maximum absolute atomic E-state index is 12.1. The van der Waals surface area contributed by atoms with Gasteiger partial charge in [0, 0.05) is 26.1 Å². The number of allylic oxidation sites excluding steroid dienone is 2. The minimum Gasteiger partial charge on any atom is -0.341 e. The third-order valence-electron chi connectivity index (χ3n) is 3.83. The van der Waals surface area contributed by atoms with Crippen LogP contribution in [-0.2, 0) is 14.8 Å². The number of sulfonamides is 1. The smallest absolute Gasteiger partial charge is 0.223 e. The van der Waals surface area contributed by atoms with Gasteiger partial charge < -0.3 is 4.90 Å². The first-order chi connectivity index (χ1) is 9.03. The van der Waals surface area contributed by atoms with Crippen molar-refractivity contribution >= 4 is 15.9 Å². The molecule has 0 bridgehead atoms. The van der Waals surface area contributed by atoms with Crippen LogP contribution in [0.25, 0.3) is 0 Å². The highest BCUT2D eigenvalue weighted by molar-refractivity contribution is 7.90. The first-order valence-electron chi connectivity index (χ1n) is 6.96. The SMILES string of the molecule is CCNS(=O)(=O)C1CCN(C(=O)CC2C=CCC2)C1. The second-order valence-electron chi connectivity index (χ2n) is 5.26. The van der Waals surface area contributed by atoms with Crippen molar-refractivity contribution in [3.8, 4) is 0 Å². The first-order valence-corrected chi connectivity index (χ1v) is 8.50. The molecule has 1 aliphatic carbocycles. The van der Waals surface area contributed by atoms with Crippen molar-refractivity contribution in [2.45, 2.75) is 37.9 Å². The lowest BCUT2D eigenvalue weighted by atomic mass is 10.0. The van der Waals surface area contributed by atoms with E-state index in [-0.39, 0.29) is 5.91 Å². The molecule has 2 atom stereocenters. The Morgan fingerprint density at radius 2 is 2.21 bits per heavy atom. The minimum atomic E-state index is -3.26. The van der Waals surface area contributed by atoms with Gasteiger partial charge in [0.2, 0.25) is 15.9 Å². The lowest BCUT2D eigenvalue weighted by Crippen LogP contribution is -2.37. The first kappa shape index (κ1) is 14.5. The molecule has 1 amide bonds. The highest BCUT2D eigenvalue weighted by Gasteiger charge is 2.35. The Morgan fingerprint density at radius 1 is 1.42 bits per heavy atom. The van der Waals surface area contributed by atoms with Gasteiger partial charge in [-0.2, -0.15) is 0 Å². The molecule has 1 saturated heterocycles. The maximum atomic E-state index is 12.1. The van der Waals surface area contributed by atoms with Gasteiger partial charge in [-0.15, -0.1) is 0 Å². The quantitative estimate of drug-likeness (QED) is 0.763. The number of amides is 1. The Kier molecular flexibility index (Phi) is 4.62. The van der Waals surface area contributed by atoms with Crippen molar-refractivity contribution in [2.24, 2.45) is 5.92 Å². The highest BCUT2D eigenvalue weighted by Crippen LogP contribution is 2.23. The van der Waals surface area contributed by atoms with Gasteiger partial charge in [0.25, 0.3) is 0 Å². The lowest BCUT2D eigenvalue weighted by Gasteiger charge is -2.18. The zero-order chi connectivity index (χ0) is 13.9. The fourth-order valence-corrected chi connectivity index (χ4v) is 4.18. The monoisotopic (exact) mass is 286 g/mol. The van der Waals surface area contributed by atoms with Gasteiger partial charge in [0.05, 0.1) is 5.25 Å². The topological polar surface area (TPSA) is 66.5 Å². The van der Waals surface area contributed by atoms with E-state index >= 15 is 0 Å². The summed E-state index contributed by atoms with van der Waals surface area (Å²) in [5.74, 6) is 0.433. The van der Waals surface area contributed by atoms with Gasteiger partial charge in [-0.3, -0.25) is 4.79 Å². The van der Waals surface area contributed by atoms with Crippen molar-refractivity contribution in [3.05, 3.63) is 12.2 Å². The van der Waals surface area contributed by atoms with Gasteiger partial charge in [-0.25, -0.2) is 13.1 Å². The van der Waals surface area contributed by atoms with Crippen molar-refractivity contribution in [1.29, 1.82) is 0 Å². The summed E-state index contributed by atoms with van der Waals surface area (Å²) in [6.45, 7) is 3.07. The zero-order valence-electron chi connectivity index (χ0n) is 11.3. The zero-order valence-corrected chi connectivity index (χ0v) is 12.2. The predicted molar refractivity (Wildman–Crippen MR) is 74.1 cm³/mol. The molecule has 0 radical (unpaired) electrons. The number of rotatable bonds is 5. The average molecular weight is 286 g/mol. The van der Waals surface area contributed by atoms with Crippen LogP contribution in [0.3, 0.4) is 0 Å². The van der Waals surface area contributed by atoms with Crippen molar-refractivity contribution in [3.63, 3.8) is 0 Å². The van der Waals surface area contributed by atoms with Crippen molar-refractivity contribution < 1.29 is 13.2 Å². The van der Waals surface area contributed by atoms with Crippen molar-refractivity contribution in [2.75, 3.05) is 19.6 Å². The number of likely N-dealkylation sites (tertiary alicyclic amines) is 1. The molecule has 1 fully saturated rings. The molecule has 2 unspecified atom stereocenters. The van der Waals surface area contributed by atoms with Gasteiger partial charge in [-0.05, 0) is 25.2 Å². The van der Waals surface area contributed by atoms with E-state index in [4.69, 9.17) is 0 Å². The summed E-state index contributed by atoms with van der Waals surface area (Å²) >= 11 is 0. The average Bonchev–Trinajstić information content (AvgIpc) is 2.99. The van der Waals surface area contributed by atoms with E-state index in [0.717, 1.165) is 12.8 Å². The fourth-order valence-electron chi connectivity index (χ4n) is 2.75. The molecule has 6 heteroatoms. The molecule has 1 aliphatic heterocycles. The largest absolute Gasteiger partial charge is 0.341 e. The third-order valence-corrected chi connectivity index (χ3v) is 5.78. The molecular formula is C13H22N2O3S. The summed E-state index contributed by atoms with van der Waals surface area (Å²) < 4.78 is 26.3. The number of carbonyl (C=O) groups is 1. The number of carbonyl (C=O) groups excluding carboxylic acids is 1. The molecule has 1 N–H and O–H groups in total. The number of nitrogens with one attached hydrogen (secondary N) is 1. The van der Waals surface area contributed by atoms with Crippen LogP contribution in [0.5, 0.6) is 0 Å². The van der Waals surface area contributed by atoms with Crippen LogP contribution in [0, 0.1) is 5.92 Å². The summed E-state index contributed by atoms with van der Waals surface area (Å²) in [6, 6.07) is 0. The molecule has 19 heavy (non-hydrogen) atoms. The Morgan fingerprint density at radius 3 is 2.84 bits per heavy atom. The molecule has 2 aliphatic rings. The summed E-state index contributed by atoms with van der Waals surface area (Å²) in [5.41, 5.74) is 0. The van der Waals surface area contributed by atoms with Crippen LogP contribution in [0.15, 0.2) is 12.2 Å². The van der Waals surface area contributed by atoms with Gasteiger partial charge in [0.1, 0.15) is 0 Å². The van der Waals surface area contributed by atoms with Crippen LogP contribution < -0.4 is 4.72 Å². The van der Waals surface area contributed by atoms with Crippen LogP contribution >= 0.6 is 0 Å². The lowest BCUT2D eigenvalue weighted by molar-refractivity contribution is -0.130. The third kappa shape index (κ3) is 3.57. The van der Waals surface area contributed by atoms with Gasteiger partial charge >= 0.3 is 0 Å². The van der Waals surface area contributed by atoms with Gasteiger partial charge in [0.15, 0.2) is 0 Å². The normalized spacial score (nSPS) is 27.1. The molecule has 0 aromatic carbocycles.